The molecule has 0 aromatic heterocycles. The van der Waals surface area contributed by atoms with Crippen molar-refractivity contribution in [1.29, 1.82) is 0 Å². The largest absolute Gasteiger partial charge is 0.465 e. The maximum Gasteiger partial charge on any atom is 0.404 e. The average Bonchev–Trinajstić information content (AvgIpc) is 2.37. The molecule has 5 nitrogen and oxygen atoms in total. The van der Waals surface area contributed by atoms with Gasteiger partial charge in [0.05, 0.1) is 12.2 Å². The quantitative estimate of drug-likeness (QED) is 0.647. The number of carbonyl (C=O) groups is 1. The van der Waals surface area contributed by atoms with E-state index in [1.807, 2.05) is 39.5 Å². The molecule has 0 radical (unpaired) electrons. The van der Waals surface area contributed by atoms with Gasteiger partial charge in [-0.2, -0.15) is 11.8 Å². The lowest BCUT2D eigenvalue weighted by Gasteiger charge is -2.45. The van der Waals surface area contributed by atoms with Gasteiger partial charge < -0.3 is 19.9 Å². The zero-order chi connectivity index (χ0) is 17.6. The molecule has 1 amide bonds. The lowest BCUT2D eigenvalue weighted by molar-refractivity contribution is -0.288. The molecule has 0 aromatic rings. The monoisotopic (exact) mass is 347 g/mol. The number of nitrogens with one attached hydrogen (secondary N) is 1. The van der Waals surface area contributed by atoms with Crippen molar-refractivity contribution in [2.75, 3.05) is 5.75 Å². The number of rotatable bonds is 8. The standard InChI is InChI=1S/C17H33NO4S/c1-11(2)21-17(22-12(3)4)8-7-15(18-16(19)20)14(9-17)10-23-13(5)6/h11-15,18H,7-10H2,1-6H3,(H,19,20). The van der Waals surface area contributed by atoms with Crippen molar-refractivity contribution in [3.8, 4) is 0 Å². The summed E-state index contributed by atoms with van der Waals surface area (Å²) in [5, 5.41) is 12.3. The first-order valence-corrected chi connectivity index (χ1v) is 9.65. The lowest BCUT2D eigenvalue weighted by Crippen LogP contribution is -2.53. The zero-order valence-electron chi connectivity index (χ0n) is 15.3. The molecular weight excluding hydrogens is 314 g/mol. The van der Waals surface area contributed by atoms with Crippen LogP contribution in [0.25, 0.3) is 0 Å². The van der Waals surface area contributed by atoms with Crippen LogP contribution in [-0.4, -0.2) is 46.2 Å². The van der Waals surface area contributed by atoms with Gasteiger partial charge in [-0.1, -0.05) is 13.8 Å². The van der Waals surface area contributed by atoms with E-state index in [0.717, 1.165) is 25.0 Å². The van der Waals surface area contributed by atoms with Gasteiger partial charge in [0.15, 0.2) is 5.79 Å². The minimum absolute atomic E-state index is 0.0293. The normalized spacial score (nSPS) is 24.4. The van der Waals surface area contributed by atoms with Crippen LogP contribution in [0, 0.1) is 5.92 Å². The summed E-state index contributed by atoms with van der Waals surface area (Å²) in [5.41, 5.74) is 0. The van der Waals surface area contributed by atoms with Crippen molar-refractivity contribution in [1.82, 2.24) is 5.32 Å². The third-order valence-electron chi connectivity index (χ3n) is 3.83. The van der Waals surface area contributed by atoms with Gasteiger partial charge >= 0.3 is 6.09 Å². The van der Waals surface area contributed by atoms with Gasteiger partial charge in [-0.25, -0.2) is 4.79 Å². The van der Waals surface area contributed by atoms with E-state index in [2.05, 4.69) is 19.2 Å². The number of thioether (sulfide) groups is 1. The van der Waals surface area contributed by atoms with Crippen molar-refractivity contribution in [2.45, 2.75) is 90.1 Å². The summed E-state index contributed by atoms with van der Waals surface area (Å²) in [6.07, 6.45) is 1.41. The molecule has 0 spiro atoms. The van der Waals surface area contributed by atoms with E-state index >= 15 is 0 Å². The third kappa shape index (κ3) is 7.31. The highest BCUT2D eigenvalue weighted by Gasteiger charge is 2.44. The van der Waals surface area contributed by atoms with Crippen molar-refractivity contribution < 1.29 is 19.4 Å². The van der Waals surface area contributed by atoms with Crippen LogP contribution in [0.2, 0.25) is 0 Å². The Balaban J connectivity index is 2.88. The van der Waals surface area contributed by atoms with Crippen molar-refractivity contribution in [3.05, 3.63) is 0 Å². The van der Waals surface area contributed by atoms with Crippen LogP contribution < -0.4 is 5.32 Å². The zero-order valence-corrected chi connectivity index (χ0v) is 16.1. The van der Waals surface area contributed by atoms with E-state index in [0.29, 0.717) is 5.25 Å². The van der Waals surface area contributed by atoms with E-state index in [-0.39, 0.29) is 24.2 Å². The summed E-state index contributed by atoms with van der Waals surface area (Å²) >= 11 is 1.86. The first-order chi connectivity index (χ1) is 10.6. The Kier molecular flexibility index (Phi) is 8.18. The minimum atomic E-state index is -0.948. The summed E-state index contributed by atoms with van der Waals surface area (Å²) in [4.78, 5) is 11.1. The molecule has 136 valence electrons. The number of amides is 1. The maximum absolute atomic E-state index is 11.1. The first-order valence-electron chi connectivity index (χ1n) is 8.60. The highest BCUT2D eigenvalue weighted by atomic mass is 32.2. The number of ether oxygens (including phenoxy) is 2. The topological polar surface area (TPSA) is 67.8 Å². The van der Waals surface area contributed by atoms with E-state index in [1.54, 1.807) is 0 Å². The fourth-order valence-electron chi connectivity index (χ4n) is 3.20. The molecule has 6 heteroatoms. The van der Waals surface area contributed by atoms with E-state index in [1.165, 1.54) is 0 Å². The van der Waals surface area contributed by atoms with Crippen molar-refractivity contribution in [3.63, 3.8) is 0 Å². The summed E-state index contributed by atoms with van der Waals surface area (Å²) in [6, 6.07) is -0.0293. The Morgan fingerprint density at radius 1 is 1.22 bits per heavy atom. The summed E-state index contributed by atoms with van der Waals surface area (Å²) < 4.78 is 12.3. The van der Waals surface area contributed by atoms with E-state index in [4.69, 9.17) is 14.6 Å². The Morgan fingerprint density at radius 2 is 1.78 bits per heavy atom. The van der Waals surface area contributed by atoms with Gasteiger partial charge in [-0.15, -0.1) is 0 Å². The number of hydrogen-bond acceptors (Lipinski definition) is 4. The predicted octanol–water partition coefficient (Wildman–Crippen LogP) is 4.11. The van der Waals surface area contributed by atoms with Gasteiger partial charge in [0, 0.05) is 18.9 Å². The summed E-state index contributed by atoms with van der Waals surface area (Å²) in [5.74, 6) is 0.527. The number of carboxylic acid groups (broad SMARTS) is 1. The van der Waals surface area contributed by atoms with Gasteiger partial charge in [0.2, 0.25) is 0 Å². The smallest absolute Gasteiger partial charge is 0.404 e. The molecule has 0 aliphatic heterocycles. The van der Waals surface area contributed by atoms with Crippen molar-refractivity contribution >= 4 is 17.9 Å². The molecular formula is C17H33NO4S. The highest BCUT2D eigenvalue weighted by molar-refractivity contribution is 7.99. The van der Waals surface area contributed by atoms with Crippen LogP contribution in [-0.2, 0) is 9.47 Å². The number of hydrogen-bond donors (Lipinski definition) is 2. The fraction of sp³-hybridized carbons (Fsp3) is 0.941. The average molecular weight is 348 g/mol. The van der Waals surface area contributed by atoms with Gasteiger partial charge in [0.25, 0.3) is 0 Å². The molecule has 2 N–H and O–H groups in total. The van der Waals surface area contributed by atoms with Gasteiger partial charge in [-0.3, -0.25) is 0 Å². The fourth-order valence-corrected chi connectivity index (χ4v) is 4.18. The second-order valence-electron chi connectivity index (χ2n) is 7.18. The molecule has 1 rings (SSSR count). The van der Waals surface area contributed by atoms with Crippen LogP contribution in [0.3, 0.4) is 0 Å². The summed E-state index contributed by atoms with van der Waals surface area (Å²) in [6.45, 7) is 12.4. The minimum Gasteiger partial charge on any atom is -0.465 e. The van der Waals surface area contributed by atoms with Gasteiger partial charge in [-0.05, 0) is 51.0 Å². The highest BCUT2D eigenvalue weighted by Crippen LogP contribution is 2.40. The Labute approximate surface area is 144 Å². The van der Waals surface area contributed by atoms with Crippen molar-refractivity contribution in [2.24, 2.45) is 5.92 Å². The van der Waals surface area contributed by atoms with E-state index in [9.17, 15) is 4.79 Å². The maximum atomic E-state index is 11.1. The Morgan fingerprint density at radius 3 is 2.22 bits per heavy atom. The SMILES string of the molecule is CC(C)OC1(OC(C)C)CCC(NC(=O)O)C(CSC(C)C)C1. The Bertz CT molecular complexity index is 364. The molecule has 1 aliphatic carbocycles. The van der Waals surface area contributed by atoms with Crippen LogP contribution >= 0.6 is 11.8 Å². The second kappa shape index (κ2) is 9.14. The molecule has 1 fully saturated rings. The van der Waals surface area contributed by atoms with Crippen LogP contribution in [0.4, 0.5) is 4.79 Å². The molecule has 1 aliphatic rings. The van der Waals surface area contributed by atoms with Crippen LogP contribution in [0.1, 0.15) is 60.8 Å². The lowest BCUT2D eigenvalue weighted by atomic mass is 9.81. The predicted molar refractivity (Wildman–Crippen MR) is 95.1 cm³/mol. The van der Waals surface area contributed by atoms with Crippen LogP contribution in [0.5, 0.6) is 0 Å². The molecule has 1 saturated carbocycles. The third-order valence-corrected chi connectivity index (χ3v) is 5.12. The Hall–Kier alpha value is -0.460. The molecule has 2 atom stereocenters. The van der Waals surface area contributed by atoms with Crippen LogP contribution in [0.15, 0.2) is 0 Å². The first kappa shape index (κ1) is 20.6. The molecule has 0 heterocycles. The molecule has 2 unspecified atom stereocenters. The van der Waals surface area contributed by atoms with E-state index < -0.39 is 11.9 Å². The molecule has 23 heavy (non-hydrogen) atoms. The summed E-state index contributed by atoms with van der Waals surface area (Å²) in [7, 11) is 0. The molecule has 0 aromatic carbocycles. The molecule has 0 saturated heterocycles. The second-order valence-corrected chi connectivity index (χ2v) is 8.79. The van der Waals surface area contributed by atoms with Gasteiger partial charge in [0.1, 0.15) is 0 Å². The molecule has 0 bridgehead atoms.